The number of para-hydroxylation sites is 2. The Morgan fingerprint density at radius 1 is 1.15 bits per heavy atom. The van der Waals surface area contributed by atoms with E-state index in [4.69, 9.17) is 4.74 Å². The van der Waals surface area contributed by atoms with E-state index in [1.54, 1.807) is 0 Å². The van der Waals surface area contributed by atoms with Crippen molar-refractivity contribution in [1.29, 1.82) is 0 Å². The number of anilines is 1. The largest absolute Gasteiger partial charge is 0.481 e. The SMILES string of the molecule is CC[C@H](Oc1ccccc1)C(=O)Nc1ccccc1Br. The van der Waals surface area contributed by atoms with Crippen LogP contribution in [0.25, 0.3) is 0 Å². The van der Waals surface area contributed by atoms with E-state index < -0.39 is 6.10 Å². The van der Waals surface area contributed by atoms with E-state index in [-0.39, 0.29) is 5.91 Å². The first-order chi connectivity index (χ1) is 9.70. The lowest BCUT2D eigenvalue weighted by atomic mass is 10.2. The lowest BCUT2D eigenvalue weighted by Crippen LogP contribution is -2.32. The van der Waals surface area contributed by atoms with E-state index in [2.05, 4.69) is 21.2 Å². The van der Waals surface area contributed by atoms with Crippen molar-refractivity contribution in [2.45, 2.75) is 19.4 Å². The van der Waals surface area contributed by atoms with Gasteiger partial charge in [0, 0.05) is 4.47 Å². The molecule has 0 unspecified atom stereocenters. The second kappa shape index (κ2) is 7.10. The van der Waals surface area contributed by atoms with Gasteiger partial charge in [-0.05, 0) is 46.6 Å². The Balaban J connectivity index is 2.04. The first kappa shape index (κ1) is 14.6. The number of amides is 1. The van der Waals surface area contributed by atoms with Gasteiger partial charge in [0.25, 0.3) is 5.91 Å². The molecule has 3 nitrogen and oxygen atoms in total. The van der Waals surface area contributed by atoms with Gasteiger partial charge in [0.15, 0.2) is 6.10 Å². The average molecular weight is 334 g/mol. The topological polar surface area (TPSA) is 38.3 Å². The summed E-state index contributed by atoms with van der Waals surface area (Å²) >= 11 is 3.41. The summed E-state index contributed by atoms with van der Waals surface area (Å²) in [5.41, 5.74) is 0.743. The van der Waals surface area contributed by atoms with Gasteiger partial charge >= 0.3 is 0 Å². The zero-order valence-corrected chi connectivity index (χ0v) is 12.8. The maximum atomic E-state index is 12.2. The second-order valence-corrected chi connectivity index (χ2v) is 5.15. The van der Waals surface area contributed by atoms with Crippen LogP contribution in [-0.4, -0.2) is 12.0 Å². The Hall–Kier alpha value is -1.81. The molecule has 104 valence electrons. The molecule has 0 saturated heterocycles. The fourth-order valence-corrected chi connectivity index (χ4v) is 2.15. The molecule has 0 spiro atoms. The molecule has 0 fully saturated rings. The first-order valence-corrected chi connectivity index (χ1v) is 7.27. The molecule has 0 heterocycles. The highest BCUT2D eigenvalue weighted by atomic mass is 79.9. The quantitative estimate of drug-likeness (QED) is 0.888. The standard InChI is InChI=1S/C16H16BrNO2/c1-2-15(20-12-8-4-3-5-9-12)16(19)18-14-11-7-6-10-13(14)17/h3-11,15H,2H2,1H3,(H,18,19)/t15-/m0/s1. The lowest BCUT2D eigenvalue weighted by Gasteiger charge is -2.17. The molecule has 0 aliphatic rings. The summed E-state index contributed by atoms with van der Waals surface area (Å²) in [6.07, 6.45) is 0.0926. The van der Waals surface area contributed by atoms with Crippen molar-refractivity contribution in [2.75, 3.05) is 5.32 Å². The Bertz CT molecular complexity index is 572. The summed E-state index contributed by atoms with van der Waals surface area (Å²) in [7, 11) is 0. The summed E-state index contributed by atoms with van der Waals surface area (Å²) < 4.78 is 6.56. The van der Waals surface area contributed by atoms with E-state index >= 15 is 0 Å². The molecular formula is C16H16BrNO2. The number of hydrogen-bond acceptors (Lipinski definition) is 2. The maximum Gasteiger partial charge on any atom is 0.265 e. The number of carbonyl (C=O) groups is 1. The van der Waals surface area contributed by atoms with E-state index in [1.807, 2.05) is 61.5 Å². The zero-order valence-electron chi connectivity index (χ0n) is 11.2. The van der Waals surface area contributed by atoms with Gasteiger partial charge in [-0.3, -0.25) is 4.79 Å². The number of ether oxygens (including phenoxy) is 1. The Morgan fingerprint density at radius 3 is 2.45 bits per heavy atom. The predicted molar refractivity (Wildman–Crippen MR) is 83.9 cm³/mol. The van der Waals surface area contributed by atoms with Crippen LogP contribution in [-0.2, 0) is 4.79 Å². The molecule has 0 aliphatic carbocycles. The van der Waals surface area contributed by atoms with Gasteiger partial charge in [-0.25, -0.2) is 0 Å². The third-order valence-electron chi connectivity index (χ3n) is 2.82. The van der Waals surface area contributed by atoms with E-state index in [9.17, 15) is 4.79 Å². The van der Waals surface area contributed by atoms with Crippen LogP contribution in [0.3, 0.4) is 0 Å². The van der Waals surface area contributed by atoms with Crippen LogP contribution in [0.2, 0.25) is 0 Å². The number of halogens is 1. The fourth-order valence-electron chi connectivity index (χ4n) is 1.76. The number of nitrogens with one attached hydrogen (secondary N) is 1. The van der Waals surface area contributed by atoms with Crippen LogP contribution in [0.1, 0.15) is 13.3 Å². The Labute approximate surface area is 127 Å². The van der Waals surface area contributed by atoms with Crippen LogP contribution in [0.5, 0.6) is 5.75 Å². The molecule has 0 aromatic heterocycles. The Morgan fingerprint density at radius 2 is 1.80 bits per heavy atom. The molecule has 2 rings (SSSR count). The predicted octanol–water partition coefficient (Wildman–Crippen LogP) is 4.25. The molecule has 1 atom stereocenters. The number of carbonyl (C=O) groups excluding carboxylic acids is 1. The smallest absolute Gasteiger partial charge is 0.265 e. The normalized spacial score (nSPS) is 11.7. The van der Waals surface area contributed by atoms with E-state index in [0.717, 1.165) is 10.2 Å². The first-order valence-electron chi connectivity index (χ1n) is 6.47. The van der Waals surface area contributed by atoms with Crippen molar-refractivity contribution in [3.63, 3.8) is 0 Å². The van der Waals surface area contributed by atoms with Gasteiger partial charge in [0.05, 0.1) is 5.69 Å². The highest BCUT2D eigenvalue weighted by Crippen LogP contribution is 2.22. The van der Waals surface area contributed by atoms with Gasteiger partial charge < -0.3 is 10.1 Å². The Kier molecular flexibility index (Phi) is 5.18. The molecule has 0 aliphatic heterocycles. The molecule has 2 aromatic carbocycles. The summed E-state index contributed by atoms with van der Waals surface area (Å²) in [6.45, 7) is 1.92. The summed E-state index contributed by atoms with van der Waals surface area (Å²) in [4.78, 5) is 12.2. The van der Waals surface area contributed by atoms with Crippen LogP contribution in [0.15, 0.2) is 59.1 Å². The minimum absolute atomic E-state index is 0.150. The van der Waals surface area contributed by atoms with Crippen LogP contribution in [0.4, 0.5) is 5.69 Å². The van der Waals surface area contributed by atoms with Gasteiger partial charge in [0.1, 0.15) is 5.75 Å². The molecule has 0 radical (unpaired) electrons. The third kappa shape index (κ3) is 3.84. The molecule has 20 heavy (non-hydrogen) atoms. The minimum Gasteiger partial charge on any atom is -0.481 e. The molecule has 4 heteroatoms. The molecule has 0 saturated carbocycles. The second-order valence-electron chi connectivity index (χ2n) is 4.30. The highest BCUT2D eigenvalue weighted by molar-refractivity contribution is 9.10. The van der Waals surface area contributed by atoms with Crippen molar-refractivity contribution >= 4 is 27.5 Å². The van der Waals surface area contributed by atoms with Crippen LogP contribution in [0, 0.1) is 0 Å². The molecule has 0 bridgehead atoms. The minimum atomic E-state index is -0.510. The van der Waals surface area contributed by atoms with Crippen molar-refractivity contribution < 1.29 is 9.53 Å². The average Bonchev–Trinajstić information content (AvgIpc) is 2.48. The summed E-state index contributed by atoms with van der Waals surface area (Å²) in [6, 6.07) is 16.9. The molecule has 2 aromatic rings. The van der Waals surface area contributed by atoms with E-state index in [0.29, 0.717) is 12.2 Å². The number of hydrogen-bond donors (Lipinski definition) is 1. The summed E-state index contributed by atoms with van der Waals surface area (Å²) in [5.74, 6) is 0.546. The van der Waals surface area contributed by atoms with E-state index in [1.165, 1.54) is 0 Å². The van der Waals surface area contributed by atoms with Crippen molar-refractivity contribution in [3.05, 3.63) is 59.1 Å². The van der Waals surface area contributed by atoms with Crippen LogP contribution >= 0.6 is 15.9 Å². The lowest BCUT2D eigenvalue weighted by molar-refractivity contribution is -0.122. The maximum absolute atomic E-state index is 12.2. The summed E-state index contributed by atoms with van der Waals surface area (Å²) in [5, 5.41) is 2.87. The zero-order chi connectivity index (χ0) is 14.4. The fraction of sp³-hybridized carbons (Fsp3) is 0.188. The van der Waals surface area contributed by atoms with Crippen molar-refractivity contribution in [3.8, 4) is 5.75 Å². The van der Waals surface area contributed by atoms with Gasteiger partial charge in [0.2, 0.25) is 0 Å². The van der Waals surface area contributed by atoms with Crippen LogP contribution < -0.4 is 10.1 Å². The van der Waals surface area contributed by atoms with Gasteiger partial charge in [-0.1, -0.05) is 37.3 Å². The molecule has 1 amide bonds. The number of rotatable bonds is 5. The van der Waals surface area contributed by atoms with Crippen molar-refractivity contribution in [1.82, 2.24) is 0 Å². The third-order valence-corrected chi connectivity index (χ3v) is 3.51. The van der Waals surface area contributed by atoms with Gasteiger partial charge in [-0.15, -0.1) is 0 Å². The number of benzene rings is 2. The molecule has 1 N–H and O–H groups in total. The van der Waals surface area contributed by atoms with Gasteiger partial charge in [-0.2, -0.15) is 0 Å². The highest BCUT2D eigenvalue weighted by Gasteiger charge is 2.19. The molecular weight excluding hydrogens is 318 g/mol. The monoisotopic (exact) mass is 333 g/mol. The van der Waals surface area contributed by atoms with Crippen molar-refractivity contribution in [2.24, 2.45) is 0 Å².